The van der Waals surface area contributed by atoms with Gasteiger partial charge in [0, 0.05) is 23.5 Å². The maximum Gasteiger partial charge on any atom is 0.207 e. The molecule has 1 aliphatic heterocycles. The van der Waals surface area contributed by atoms with Gasteiger partial charge in [-0.05, 0) is 44.0 Å². The topological polar surface area (TPSA) is 61.8 Å². The first kappa shape index (κ1) is 22.5. The molecule has 0 aromatic heterocycles. The molecule has 0 spiro atoms. The Labute approximate surface area is 200 Å². The minimum absolute atomic E-state index is 0.160. The van der Waals surface area contributed by atoms with Crippen molar-refractivity contribution in [2.24, 2.45) is 0 Å². The summed E-state index contributed by atoms with van der Waals surface area (Å²) >= 11 is 0. The van der Waals surface area contributed by atoms with Crippen LogP contribution in [0.2, 0.25) is 0 Å². The zero-order chi connectivity index (χ0) is 24.0. The number of benzene rings is 3. The van der Waals surface area contributed by atoms with Gasteiger partial charge in [0.2, 0.25) is 9.84 Å². The van der Waals surface area contributed by atoms with Gasteiger partial charge in [0.15, 0.2) is 11.5 Å². The molecule has 34 heavy (non-hydrogen) atoms. The van der Waals surface area contributed by atoms with E-state index in [1.165, 1.54) is 0 Å². The summed E-state index contributed by atoms with van der Waals surface area (Å²) in [5.41, 5.74) is 4.78. The van der Waals surface area contributed by atoms with Gasteiger partial charge in [0.05, 0.1) is 24.0 Å². The summed E-state index contributed by atoms with van der Waals surface area (Å²) in [5.74, 6) is 1.38. The number of allylic oxidation sites excluding steroid dienone is 1. The number of aryl methyl sites for hydroxylation is 2. The summed E-state index contributed by atoms with van der Waals surface area (Å²) < 4.78 is 45.9. The maximum absolute atomic E-state index is 14.1. The van der Waals surface area contributed by atoms with Gasteiger partial charge in [-0.1, -0.05) is 53.6 Å². The van der Waals surface area contributed by atoms with Crippen molar-refractivity contribution >= 4 is 15.6 Å². The summed E-state index contributed by atoms with van der Waals surface area (Å²) in [6.07, 6.45) is 1.06. The quantitative estimate of drug-likeness (QED) is 0.480. The van der Waals surface area contributed by atoms with E-state index in [4.69, 9.17) is 14.2 Å². The number of hydrogen-bond donors (Lipinski definition) is 0. The average Bonchev–Trinajstić information content (AvgIpc) is 2.83. The number of ether oxygens (including phenoxy) is 3. The second-order valence-corrected chi connectivity index (χ2v) is 10.9. The van der Waals surface area contributed by atoms with Crippen LogP contribution in [-0.2, 0) is 21.0 Å². The molecule has 2 atom stereocenters. The van der Waals surface area contributed by atoms with Crippen molar-refractivity contribution < 1.29 is 22.6 Å². The van der Waals surface area contributed by atoms with Gasteiger partial charge >= 0.3 is 0 Å². The summed E-state index contributed by atoms with van der Waals surface area (Å²) in [6, 6.07) is 18.7. The lowest BCUT2D eigenvalue weighted by molar-refractivity contribution is 0.128. The van der Waals surface area contributed by atoms with Gasteiger partial charge in [0.25, 0.3) is 0 Å². The molecule has 0 amide bonds. The Morgan fingerprint density at radius 1 is 0.853 bits per heavy atom. The van der Waals surface area contributed by atoms with E-state index in [-0.39, 0.29) is 16.9 Å². The molecule has 0 radical (unpaired) electrons. The molecule has 3 aromatic carbocycles. The maximum atomic E-state index is 14.1. The Bertz CT molecular complexity index is 1370. The number of rotatable bonds is 5. The Hall–Kier alpha value is -3.25. The van der Waals surface area contributed by atoms with Crippen molar-refractivity contribution in [1.29, 1.82) is 0 Å². The van der Waals surface area contributed by atoms with Crippen LogP contribution in [0.4, 0.5) is 0 Å². The largest absolute Gasteiger partial charge is 0.493 e. The van der Waals surface area contributed by atoms with Crippen LogP contribution in [0.15, 0.2) is 70.5 Å². The van der Waals surface area contributed by atoms with Gasteiger partial charge in [0.1, 0.15) is 11.9 Å². The van der Waals surface area contributed by atoms with E-state index in [9.17, 15) is 8.42 Å². The van der Waals surface area contributed by atoms with Crippen molar-refractivity contribution in [2.75, 3.05) is 14.2 Å². The lowest BCUT2D eigenvalue weighted by atomic mass is 9.78. The summed E-state index contributed by atoms with van der Waals surface area (Å²) in [6.45, 7) is 3.95. The van der Waals surface area contributed by atoms with E-state index in [0.717, 1.165) is 27.8 Å². The smallest absolute Gasteiger partial charge is 0.207 e. The zero-order valence-electron chi connectivity index (χ0n) is 19.8. The Morgan fingerprint density at radius 3 is 2.12 bits per heavy atom. The lowest BCUT2D eigenvalue weighted by Crippen LogP contribution is -2.34. The van der Waals surface area contributed by atoms with Crippen LogP contribution < -0.4 is 9.47 Å². The SMILES string of the molecule is COc1ccc2c(c1OC)C[C@H]1C[C@@H]2C(S(=O)(=O)c2ccc(C)cc2)=C(c2ccc(C)cc2)O1. The molecular weight excluding hydrogens is 448 g/mol. The molecular formula is C28H28O5S. The first-order valence-corrected chi connectivity index (χ1v) is 12.8. The van der Waals surface area contributed by atoms with Crippen molar-refractivity contribution in [2.45, 2.75) is 43.6 Å². The van der Waals surface area contributed by atoms with E-state index < -0.39 is 9.84 Å². The van der Waals surface area contributed by atoms with Gasteiger partial charge < -0.3 is 14.2 Å². The average molecular weight is 477 g/mol. The number of fused-ring (bicyclic) bond motifs is 4. The molecule has 1 aliphatic carbocycles. The molecule has 5 rings (SSSR count). The van der Waals surface area contributed by atoms with Gasteiger partial charge in [-0.25, -0.2) is 8.42 Å². The number of sulfone groups is 1. The molecule has 176 valence electrons. The minimum atomic E-state index is -3.83. The van der Waals surface area contributed by atoms with E-state index in [2.05, 4.69) is 0 Å². The van der Waals surface area contributed by atoms with Crippen LogP contribution >= 0.6 is 0 Å². The fraction of sp³-hybridized carbons (Fsp3) is 0.286. The van der Waals surface area contributed by atoms with Crippen LogP contribution in [0.5, 0.6) is 11.5 Å². The third kappa shape index (κ3) is 3.66. The summed E-state index contributed by atoms with van der Waals surface area (Å²) in [7, 11) is -0.616. The Kier molecular flexibility index (Phi) is 5.64. The highest BCUT2D eigenvalue weighted by molar-refractivity contribution is 7.95. The molecule has 5 nitrogen and oxygen atoms in total. The highest BCUT2D eigenvalue weighted by Gasteiger charge is 2.44. The zero-order valence-corrected chi connectivity index (χ0v) is 20.6. The molecule has 1 heterocycles. The second-order valence-electron chi connectivity index (χ2n) is 8.98. The predicted molar refractivity (Wildman–Crippen MR) is 132 cm³/mol. The molecule has 0 saturated carbocycles. The first-order valence-electron chi connectivity index (χ1n) is 11.4. The molecule has 3 aromatic rings. The molecule has 2 bridgehead atoms. The monoisotopic (exact) mass is 476 g/mol. The van der Waals surface area contributed by atoms with Crippen molar-refractivity contribution in [3.05, 3.63) is 93.4 Å². The third-order valence-corrected chi connectivity index (χ3v) is 8.69. The van der Waals surface area contributed by atoms with E-state index >= 15 is 0 Å². The minimum Gasteiger partial charge on any atom is -0.493 e. The molecule has 0 saturated heterocycles. The van der Waals surface area contributed by atoms with Crippen LogP contribution in [-0.4, -0.2) is 28.7 Å². The summed E-state index contributed by atoms with van der Waals surface area (Å²) in [4.78, 5) is 0.581. The van der Waals surface area contributed by atoms with Gasteiger partial charge in [-0.15, -0.1) is 0 Å². The molecule has 0 N–H and O–H groups in total. The second kappa shape index (κ2) is 8.51. The Morgan fingerprint density at radius 2 is 1.50 bits per heavy atom. The fourth-order valence-corrected chi connectivity index (χ4v) is 6.79. The van der Waals surface area contributed by atoms with Crippen LogP contribution in [0, 0.1) is 13.8 Å². The van der Waals surface area contributed by atoms with Crippen LogP contribution in [0.25, 0.3) is 5.76 Å². The van der Waals surface area contributed by atoms with Crippen LogP contribution in [0.3, 0.4) is 0 Å². The standard InChI is InChI=1S/C28H28O5S/c1-17-5-9-19(10-6-17)26-28(34(29,30)21-11-7-18(2)8-12-21)24-16-20(33-26)15-23-22(24)13-14-25(31-3)27(23)32-4/h5-14,20,24H,15-16H2,1-4H3/t20-,24-/m0/s1. The van der Waals surface area contributed by atoms with Crippen molar-refractivity contribution in [3.63, 3.8) is 0 Å². The third-order valence-electron chi connectivity index (χ3n) is 6.75. The van der Waals surface area contributed by atoms with E-state index in [1.807, 2.05) is 62.4 Å². The molecule has 0 fully saturated rings. The van der Waals surface area contributed by atoms with Crippen molar-refractivity contribution in [3.8, 4) is 11.5 Å². The fourth-order valence-electron chi connectivity index (χ4n) is 5.03. The highest BCUT2D eigenvalue weighted by atomic mass is 32.2. The van der Waals surface area contributed by atoms with Crippen LogP contribution in [0.1, 0.15) is 40.2 Å². The van der Waals surface area contributed by atoms with E-state index in [1.54, 1.807) is 26.4 Å². The van der Waals surface area contributed by atoms with Gasteiger partial charge in [-0.2, -0.15) is 0 Å². The number of hydrogen-bond acceptors (Lipinski definition) is 5. The Balaban J connectivity index is 1.78. The number of methoxy groups -OCH3 is 2. The predicted octanol–water partition coefficient (Wildman–Crippen LogP) is 5.59. The lowest BCUT2D eigenvalue weighted by Gasteiger charge is -2.40. The normalized spacial score (nSPS) is 19.3. The van der Waals surface area contributed by atoms with Gasteiger partial charge in [-0.3, -0.25) is 0 Å². The molecule has 2 aliphatic rings. The first-order chi connectivity index (χ1) is 16.3. The molecule has 0 unspecified atom stereocenters. The molecule has 6 heteroatoms. The highest BCUT2D eigenvalue weighted by Crippen LogP contribution is 2.52. The summed E-state index contributed by atoms with van der Waals surface area (Å²) in [5, 5.41) is 0. The van der Waals surface area contributed by atoms with E-state index in [0.29, 0.717) is 35.0 Å². The van der Waals surface area contributed by atoms with Crippen molar-refractivity contribution in [1.82, 2.24) is 0 Å².